The van der Waals surface area contributed by atoms with Crippen molar-refractivity contribution in [3.63, 3.8) is 0 Å². The standard InChI is InChI=1S/C18H34N2S/c1-14(2)17-12-19-18(9-5-4-6-10-18)13-20(17)15-7-8-16(11-15)21-3/h14-17,19H,4-13H2,1-3H3. The average molecular weight is 311 g/mol. The van der Waals surface area contributed by atoms with Gasteiger partial charge in [-0.15, -0.1) is 0 Å². The van der Waals surface area contributed by atoms with Crippen molar-refractivity contribution >= 4 is 11.8 Å². The van der Waals surface area contributed by atoms with Gasteiger partial charge in [-0.05, 0) is 44.3 Å². The molecule has 122 valence electrons. The Labute approximate surface area is 135 Å². The summed E-state index contributed by atoms with van der Waals surface area (Å²) in [6.07, 6.45) is 13.7. The molecule has 3 heteroatoms. The predicted molar refractivity (Wildman–Crippen MR) is 94.1 cm³/mol. The first kappa shape index (κ1) is 16.1. The predicted octanol–water partition coefficient (Wildman–Crippen LogP) is 3.90. The molecule has 0 aromatic heterocycles. The van der Waals surface area contributed by atoms with Crippen LogP contribution in [-0.4, -0.2) is 47.1 Å². The number of piperazine rings is 1. The third-order valence-electron chi connectivity index (χ3n) is 6.34. The van der Waals surface area contributed by atoms with Crippen molar-refractivity contribution in [2.75, 3.05) is 19.3 Å². The zero-order valence-corrected chi connectivity index (χ0v) is 15.1. The van der Waals surface area contributed by atoms with E-state index in [0.717, 1.165) is 23.3 Å². The molecule has 1 N–H and O–H groups in total. The molecule has 1 aliphatic heterocycles. The van der Waals surface area contributed by atoms with Gasteiger partial charge in [0.15, 0.2) is 0 Å². The summed E-state index contributed by atoms with van der Waals surface area (Å²) in [5.74, 6) is 0.770. The molecule has 0 aromatic rings. The van der Waals surface area contributed by atoms with E-state index in [4.69, 9.17) is 0 Å². The molecule has 2 saturated carbocycles. The van der Waals surface area contributed by atoms with Crippen molar-refractivity contribution in [1.82, 2.24) is 10.2 Å². The molecule has 0 radical (unpaired) electrons. The zero-order valence-electron chi connectivity index (χ0n) is 14.2. The van der Waals surface area contributed by atoms with Gasteiger partial charge < -0.3 is 5.32 Å². The molecule has 3 rings (SSSR count). The van der Waals surface area contributed by atoms with Crippen LogP contribution in [0.15, 0.2) is 0 Å². The Morgan fingerprint density at radius 1 is 1.14 bits per heavy atom. The van der Waals surface area contributed by atoms with E-state index in [1.54, 1.807) is 0 Å². The first-order chi connectivity index (χ1) is 10.1. The Hall–Kier alpha value is 0.270. The highest BCUT2D eigenvalue weighted by Gasteiger charge is 2.44. The maximum absolute atomic E-state index is 4.00. The van der Waals surface area contributed by atoms with Crippen LogP contribution in [-0.2, 0) is 0 Å². The molecule has 0 bridgehead atoms. The normalized spacial score (nSPS) is 37.4. The Morgan fingerprint density at radius 2 is 1.90 bits per heavy atom. The molecule has 3 unspecified atom stereocenters. The highest BCUT2D eigenvalue weighted by Crippen LogP contribution is 2.38. The van der Waals surface area contributed by atoms with Gasteiger partial charge in [0.05, 0.1) is 0 Å². The van der Waals surface area contributed by atoms with Gasteiger partial charge in [-0.1, -0.05) is 33.1 Å². The summed E-state index contributed by atoms with van der Waals surface area (Å²) in [5.41, 5.74) is 0.459. The summed E-state index contributed by atoms with van der Waals surface area (Å²) in [5, 5.41) is 4.91. The molecule has 2 nitrogen and oxygen atoms in total. The minimum absolute atomic E-state index is 0.459. The number of nitrogens with zero attached hydrogens (tertiary/aromatic N) is 1. The van der Waals surface area contributed by atoms with Gasteiger partial charge in [0.25, 0.3) is 0 Å². The molecule has 1 heterocycles. The lowest BCUT2D eigenvalue weighted by atomic mass is 9.78. The second-order valence-corrected chi connectivity index (χ2v) is 9.17. The van der Waals surface area contributed by atoms with Crippen LogP contribution < -0.4 is 5.32 Å². The smallest absolute Gasteiger partial charge is 0.0309 e. The SMILES string of the molecule is CSC1CCC(N2CC3(CCCCC3)NCC2C(C)C)C1. The molecular weight excluding hydrogens is 276 g/mol. The van der Waals surface area contributed by atoms with Crippen molar-refractivity contribution in [2.45, 2.75) is 88.1 Å². The van der Waals surface area contributed by atoms with Gasteiger partial charge in [0.1, 0.15) is 0 Å². The van der Waals surface area contributed by atoms with Crippen LogP contribution in [0.3, 0.4) is 0 Å². The molecule has 1 saturated heterocycles. The fourth-order valence-corrected chi connectivity index (χ4v) is 5.76. The first-order valence-corrected chi connectivity index (χ1v) is 10.5. The third kappa shape index (κ3) is 3.45. The number of thioether (sulfide) groups is 1. The highest BCUT2D eigenvalue weighted by molar-refractivity contribution is 7.99. The van der Waals surface area contributed by atoms with Crippen molar-refractivity contribution in [1.29, 1.82) is 0 Å². The highest BCUT2D eigenvalue weighted by atomic mass is 32.2. The summed E-state index contributed by atoms with van der Waals surface area (Å²) < 4.78 is 0. The van der Waals surface area contributed by atoms with E-state index >= 15 is 0 Å². The molecule has 3 atom stereocenters. The molecule has 3 aliphatic rings. The minimum Gasteiger partial charge on any atom is -0.308 e. The van der Waals surface area contributed by atoms with Gasteiger partial charge >= 0.3 is 0 Å². The molecule has 1 spiro atoms. The fraction of sp³-hybridized carbons (Fsp3) is 1.00. The summed E-state index contributed by atoms with van der Waals surface area (Å²) in [4.78, 5) is 2.95. The summed E-state index contributed by atoms with van der Waals surface area (Å²) in [6, 6.07) is 1.61. The molecule has 3 fully saturated rings. The fourth-order valence-electron chi connectivity index (χ4n) is 4.98. The van der Waals surface area contributed by atoms with E-state index in [1.165, 1.54) is 64.5 Å². The maximum Gasteiger partial charge on any atom is 0.0309 e. The Kier molecular flexibility index (Phi) is 5.23. The van der Waals surface area contributed by atoms with Gasteiger partial charge in [-0.3, -0.25) is 4.90 Å². The molecule has 2 aliphatic carbocycles. The van der Waals surface area contributed by atoms with Crippen LogP contribution in [0.2, 0.25) is 0 Å². The van der Waals surface area contributed by atoms with Gasteiger partial charge in [-0.2, -0.15) is 11.8 Å². The van der Waals surface area contributed by atoms with Crippen LogP contribution in [0.1, 0.15) is 65.2 Å². The van der Waals surface area contributed by atoms with Gasteiger partial charge in [-0.25, -0.2) is 0 Å². The Balaban J connectivity index is 1.72. The largest absolute Gasteiger partial charge is 0.308 e. The summed E-state index contributed by atoms with van der Waals surface area (Å²) >= 11 is 2.09. The maximum atomic E-state index is 4.00. The van der Waals surface area contributed by atoms with Gasteiger partial charge in [0.2, 0.25) is 0 Å². The van der Waals surface area contributed by atoms with Crippen molar-refractivity contribution in [3.8, 4) is 0 Å². The number of nitrogens with one attached hydrogen (secondary N) is 1. The van der Waals surface area contributed by atoms with E-state index in [9.17, 15) is 0 Å². The van der Waals surface area contributed by atoms with E-state index in [2.05, 4.69) is 42.1 Å². The lowest BCUT2D eigenvalue weighted by Gasteiger charge is -2.53. The summed E-state index contributed by atoms with van der Waals surface area (Å²) in [7, 11) is 0. The second-order valence-electron chi connectivity index (χ2n) is 8.03. The van der Waals surface area contributed by atoms with E-state index in [0.29, 0.717) is 5.54 Å². The quantitative estimate of drug-likeness (QED) is 0.851. The van der Waals surface area contributed by atoms with Crippen LogP contribution in [0, 0.1) is 5.92 Å². The van der Waals surface area contributed by atoms with Crippen LogP contribution in [0.4, 0.5) is 0 Å². The molecular formula is C18H34N2S. The van der Waals surface area contributed by atoms with E-state index in [1.807, 2.05) is 0 Å². The molecule has 0 amide bonds. The Bertz CT molecular complexity index is 338. The van der Waals surface area contributed by atoms with Crippen molar-refractivity contribution in [2.24, 2.45) is 5.92 Å². The van der Waals surface area contributed by atoms with Crippen LogP contribution in [0.25, 0.3) is 0 Å². The van der Waals surface area contributed by atoms with Gasteiger partial charge in [0, 0.05) is 36.0 Å². The number of hydrogen-bond acceptors (Lipinski definition) is 3. The van der Waals surface area contributed by atoms with E-state index < -0.39 is 0 Å². The number of hydrogen-bond donors (Lipinski definition) is 1. The second kappa shape index (κ2) is 6.80. The van der Waals surface area contributed by atoms with Crippen LogP contribution >= 0.6 is 11.8 Å². The monoisotopic (exact) mass is 310 g/mol. The Morgan fingerprint density at radius 3 is 2.52 bits per heavy atom. The molecule has 0 aromatic carbocycles. The average Bonchev–Trinajstić information content (AvgIpc) is 2.96. The topological polar surface area (TPSA) is 15.3 Å². The lowest BCUT2D eigenvalue weighted by molar-refractivity contribution is 0.00789. The third-order valence-corrected chi connectivity index (χ3v) is 7.43. The van der Waals surface area contributed by atoms with Crippen molar-refractivity contribution in [3.05, 3.63) is 0 Å². The summed E-state index contributed by atoms with van der Waals surface area (Å²) in [6.45, 7) is 7.37. The number of rotatable bonds is 3. The molecule has 21 heavy (non-hydrogen) atoms. The van der Waals surface area contributed by atoms with Crippen LogP contribution in [0.5, 0.6) is 0 Å². The lowest BCUT2D eigenvalue weighted by Crippen LogP contribution is -2.67. The van der Waals surface area contributed by atoms with Crippen molar-refractivity contribution < 1.29 is 0 Å². The zero-order chi connectivity index (χ0) is 14.9. The van der Waals surface area contributed by atoms with E-state index in [-0.39, 0.29) is 0 Å². The first-order valence-electron chi connectivity index (χ1n) is 9.17. The minimum atomic E-state index is 0.459.